The van der Waals surface area contributed by atoms with E-state index < -0.39 is 12.0 Å². The molecule has 0 bridgehead atoms. The number of aromatic nitrogens is 2. The van der Waals surface area contributed by atoms with Gasteiger partial charge in [0.25, 0.3) is 0 Å². The van der Waals surface area contributed by atoms with Gasteiger partial charge in [-0.25, -0.2) is 0 Å². The Labute approximate surface area is 98.2 Å². The molecule has 1 saturated heterocycles. The van der Waals surface area contributed by atoms with Gasteiger partial charge >= 0.3 is 5.97 Å². The number of aliphatic carboxylic acids is 1. The average Bonchev–Trinajstić information content (AvgIpc) is 2.74. The Kier molecular flexibility index (Phi) is 2.94. The number of rotatable bonds is 2. The lowest BCUT2D eigenvalue weighted by Gasteiger charge is -2.11. The van der Waals surface area contributed by atoms with Crippen molar-refractivity contribution < 1.29 is 9.90 Å². The van der Waals surface area contributed by atoms with Crippen LogP contribution in [0.1, 0.15) is 22.3 Å². The Morgan fingerprint density at radius 2 is 2.31 bits per heavy atom. The topological polar surface area (TPSA) is 67.2 Å². The van der Waals surface area contributed by atoms with Crippen molar-refractivity contribution in [3.63, 3.8) is 0 Å². The van der Waals surface area contributed by atoms with Crippen molar-refractivity contribution in [3.05, 3.63) is 17.0 Å². The minimum Gasteiger partial charge on any atom is -0.480 e. The lowest BCUT2D eigenvalue weighted by molar-refractivity contribution is -0.138. The molecule has 0 amide bonds. The van der Waals surface area contributed by atoms with Crippen LogP contribution < -0.4 is 5.32 Å². The summed E-state index contributed by atoms with van der Waals surface area (Å²) >= 11 is 1.63. The third kappa shape index (κ3) is 1.82. The van der Waals surface area contributed by atoms with Crippen LogP contribution >= 0.6 is 11.8 Å². The summed E-state index contributed by atoms with van der Waals surface area (Å²) in [5, 5.41) is 16.4. The molecule has 0 spiro atoms. The molecule has 1 aromatic heterocycles. The number of nitrogens with zero attached hydrogens (tertiary/aromatic N) is 2. The zero-order valence-electron chi connectivity index (χ0n) is 9.52. The van der Waals surface area contributed by atoms with E-state index in [4.69, 9.17) is 5.11 Å². The first-order chi connectivity index (χ1) is 7.50. The minimum atomic E-state index is -0.783. The van der Waals surface area contributed by atoms with Crippen LogP contribution in [-0.2, 0) is 11.8 Å². The third-order valence-corrected chi connectivity index (χ3v) is 4.14. The summed E-state index contributed by atoms with van der Waals surface area (Å²) in [6, 6.07) is -0.450. The highest BCUT2D eigenvalue weighted by Crippen LogP contribution is 2.35. The molecule has 0 aromatic carbocycles. The molecular formula is C10H15N3O2S. The van der Waals surface area contributed by atoms with Gasteiger partial charge in [0, 0.05) is 24.1 Å². The molecule has 0 radical (unpaired) electrons. The van der Waals surface area contributed by atoms with Gasteiger partial charge in [0.2, 0.25) is 0 Å². The maximum absolute atomic E-state index is 10.9. The molecule has 1 fully saturated rings. The van der Waals surface area contributed by atoms with E-state index in [1.54, 1.807) is 11.8 Å². The van der Waals surface area contributed by atoms with Gasteiger partial charge in [-0.2, -0.15) is 5.10 Å². The molecule has 88 valence electrons. The largest absolute Gasteiger partial charge is 0.480 e. The summed E-state index contributed by atoms with van der Waals surface area (Å²) in [7, 11) is 1.90. The first-order valence-electron chi connectivity index (χ1n) is 5.11. The lowest BCUT2D eigenvalue weighted by Crippen LogP contribution is -2.33. The molecule has 0 aliphatic carbocycles. The Hall–Kier alpha value is -1.01. The molecular weight excluding hydrogens is 226 g/mol. The third-order valence-electron chi connectivity index (χ3n) is 2.91. The number of carbonyl (C=O) groups is 1. The second-order valence-electron chi connectivity index (χ2n) is 3.98. The minimum absolute atomic E-state index is 0.0507. The van der Waals surface area contributed by atoms with Gasteiger partial charge in [-0.05, 0) is 13.8 Å². The van der Waals surface area contributed by atoms with E-state index >= 15 is 0 Å². The van der Waals surface area contributed by atoms with E-state index in [-0.39, 0.29) is 5.37 Å². The summed E-state index contributed by atoms with van der Waals surface area (Å²) in [6.07, 6.45) is 0. The number of carboxylic acid groups (broad SMARTS) is 1. The number of thioether (sulfide) groups is 1. The molecule has 6 heteroatoms. The second-order valence-corrected chi connectivity index (χ2v) is 5.12. The molecule has 0 saturated carbocycles. The zero-order chi connectivity index (χ0) is 11.9. The predicted molar refractivity (Wildman–Crippen MR) is 62.4 cm³/mol. The number of carboxylic acids is 1. The van der Waals surface area contributed by atoms with Crippen LogP contribution in [-0.4, -0.2) is 32.7 Å². The van der Waals surface area contributed by atoms with Crippen molar-refractivity contribution in [1.82, 2.24) is 15.1 Å². The van der Waals surface area contributed by atoms with E-state index in [2.05, 4.69) is 10.4 Å². The molecule has 1 aromatic rings. The van der Waals surface area contributed by atoms with E-state index in [0.29, 0.717) is 5.75 Å². The van der Waals surface area contributed by atoms with Gasteiger partial charge in [-0.3, -0.25) is 14.8 Å². The highest BCUT2D eigenvalue weighted by molar-refractivity contribution is 7.99. The summed E-state index contributed by atoms with van der Waals surface area (Å²) in [6.45, 7) is 3.96. The van der Waals surface area contributed by atoms with Crippen LogP contribution in [0.4, 0.5) is 0 Å². The van der Waals surface area contributed by atoms with Gasteiger partial charge in [0.05, 0.1) is 11.1 Å². The first-order valence-corrected chi connectivity index (χ1v) is 6.16. The maximum atomic E-state index is 10.9. The highest BCUT2D eigenvalue weighted by atomic mass is 32.2. The quantitative estimate of drug-likeness (QED) is 0.802. The standard InChI is InChI=1S/C10H15N3O2S/c1-5-8(6(2)13(3)12-5)9-11-7(4-16-9)10(14)15/h7,9,11H,4H2,1-3H3,(H,14,15)/t7-,9-/m1/s1. The zero-order valence-corrected chi connectivity index (χ0v) is 10.3. The number of hydrogen-bond acceptors (Lipinski definition) is 4. The fraction of sp³-hybridized carbons (Fsp3) is 0.600. The van der Waals surface area contributed by atoms with E-state index in [9.17, 15) is 4.79 Å². The molecule has 16 heavy (non-hydrogen) atoms. The van der Waals surface area contributed by atoms with Crippen LogP contribution in [0, 0.1) is 13.8 Å². The van der Waals surface area contributed by atoms with Crippen LogP contribution in [0.3, 0.4) is 0 Å². The van der Waals surface area contributed by atoms with Crippen LogP contribution in [0.15, 0.2) is 0 Å². The Balaban J connectivity index is 2.23. The smallest absolute Gasteiger partial charge is 0.321 e. The maximum Gasteiger partial charge on any atom is 0.321 e. The molecule has 1 aliphatic rings. The van der Waals surface area contributed by atoms with Gasteiger partial charge in [0.15, 0.2) is 0 Å². The second kappa shape index (κ2) is 4.10. The SMILES string of the molecule is Cc1nn(C)c(C)c1[C@@H]1N[C@@H](C(=O)O)CS1. The summed E-state index contributed by atoms with van der Waals surface area (Å²) in [5.41, 5.74) is 3.18. The van der Waals surface area contributed by atoms with Crippen molar-refractivity contribution in [3.8, 4) is 0 Å². The molecule has 1 aliphatic heterocycles. The Bertz CT molecular complexity index is 430. The fourth-order valence-electron chi connectivity index (χ4n) is 1.95. The monoisotopic (exact) mass is 241 g/mol. The van der Waals surface area contributed by atoms with Gasteiger partial charge < -0.3 is 5.11 Å². The van der Waals surface area contributed by atoms with E-state index in [1.165, 1.54) is 0 Å². The number of nitrogens with one attached hydrogen (secondary N) is 1. The molecule has 0 unspecified atom stereocenters. The summed E-state index contributed by atoms with van der Waals surface area (Å²) < 4.78 is 1.83. The van der Waals surface area contributed by atoms with Crippen molar-refractivity contribution >= 4 is 17.7 Å². The van der Waals surface area contributed by atoms with Gasteiger partial charge in [-0.15, -0.1) is 11.8 Å². The number of hydrogen-bond donors (Lipinski definition) is 2. The van der Waals surface area contributed by atoms with Crippen molar-refractivity contribution in [2.45, 2.75) is 25.3 Å². The van der Waals surface area contributed by atoms with Crippen molar-refractivity contribution in [2.75, 3.05) is 5.75 Å². The fourth-order valence-corrected chi connectivity index (χ4v) is 3.34. The predicted octanol–water partition coefficient (Wildman–Crippen LogP) is 0.825. The Morgan fingerprint density at radius 1 is 1.62 bits per heavy atom. The first kappa shape index (κ1) is 11.5. The highest BCUT2D eigenvalue weighted by Gasteiger charge is 2.33. The molecule has 2 atom stereocenters. The Morgan fingerprint density at radius 3 is 2.75 bits per heavy atom. The van der Waals surface area contributed by atoms with Crippen molar-refractivity contribution in [2.24, 2.45) is 7.05 Å². The molecule has 2 rings (SSSR count). The summed E-state index contributed by atoms with van der Waals surface area (Å²) in [4.78, 5) is 10.9. The lowest BCUT2D eigenvalue weighted by atomic mass is 10.2. The van der Waals surface area contributed by atoms with Crippen LogP contribution in [0.25, 0.3) is 0 Å². The van der Waals surface area contributed by atoms with Crippen LogP contribution in [0.5, 0.6) is 0 Å². The van der Waals surface area contributed by atoms with Gasteiger partial charge in [-0.1, -0.05) is 0 Å². The normalized spacial score (nSPS) is 24.9. The van der Waals surface area contributed by atoms with Gasteiger partial charge in [0.1, 0.15) is 6.04 Å². The average molecular weight is 241 g/mol. The molecule has 2 N–H and O–H groups in total. The van der Waals surface area contributed by atoms with E-state index in [0.717, 1.165) is 17.0 Å². The molecule has 5 nitrogen and oxygen atoms in total. The summed E-state index contributed by atoms with van der Waals surface area (Å²) in [5.74, 6) is -0.178. The molecule has 2 heterocycles. The number of aryl methyl sites for hydroxylation is 2. The van der Waals surface area contributed by atoms with Crippen molar-refractivity contribution in [1.29, 1.82) is 0 Å². The van der Waals surface area contributed by atoms with E-state index in [1.807, 2.05) is 25.6 Å². The van der Waals surface area contributed by atoms with Crippen LogP contribution in [0.2, 0.25) is 0 Å².